The highest BCUT2D eigenvalue weighted by atomic mass is 16.5. The molecule has 2 aliphatic heterocycles. The van der Waals surface area contributed by atoms with Crippen molar-refractivity contribution in [1.82, 2.24) is 29.3 Å². The second kappa shape index (κ2) is 10.1. The van der Waals surface area contributed by atoms with E-state index >= 15 is 0 Å². The molecule has 0 spiro atoms. The van der Waals surface area contributed by atoms with Gasteiger partial charge in [0.05, 0.1) is 18.3 Å². The van der Waals surface area contributed by atoms with E-state index in [0.717, 1.165) is 75.7 Å². The van der Waals surface area contributed by atoms with Crippen molar-refractivity contribution in [3.8, 4) is 17.3 Å². The molecule has 9 rings (SSSR count). The van der Waals surface area contributed by atoms with Crippen LogP contribution >= 0.6 is 0 Å². The standard InChI is InChI=1S/C36H37N7O3/c1-19-22-6-10-28(19)43(18-22)36(45)23-13-27-32(30(15-23)46-3)41(2)34(39-27)29-14-21-7-11-31(40-33(21)42(29)17-20-4-5-20)38-25-8-9-26-24(12-25)16-37-35(26)44/h7-9,11-15,19-20,22,28H,4-6,10,16-18H2,1-3H3,(H,37,44)(H,38,40)/t19-,22?,28?/m1/s1. The maximum atomic E-state index is 13.8. The number of aromatic nitrogens is 4. The molecule has 5 aromatic rings. The summed E-state index contributed by atoms with van der Waals surface area (Å²) in [6.45, 7) is 4.53. The van der Waals surface area contributed by atoms with Crippen molar-refractivity contribution >= 4 is 45.4 Å². The number of rotatable bonds is 7. The number of fused-ring (bicyclic) bond motifs is 5. The van der Waals surface area contributed by atoms with E-state index in [1.807, 2.05) is 43.4 Å². The SMILES string of the molecule is COc1cc(C(=O)N2CC3CCC2[C@@H]3C)cc2nc(-c3cc4ccc(Nc5ccc6c(c5)CNC6=O)nc4n3CC3CC3)n(C)c12. The van der Waals surface area contributed by atoms with Crippen molar-refractivity contribution < 1.29 is 14.3 Å². The Morgan fingerprint density at radius 3 is 2.70 bits per heavy atom. The number of ether oxygens (including phenoxy) is 1. The predicted octanol–water partition coefficient (Wildman–Crippen LogP) is 5.87. The first-order chi connectivity index (χ1) is 22.4. The first kappa shape index (κ1) is 27.5. The molecule has 2 N–H and O–H groups in total. The molecule has 0 radical (unpaired) electrons. The number of imidazole rings is 1. The molecule has 2 aromatic carbocycles. The highest BCUT2D eigenvalue weighted by Crippen LogP contribution is 2.44. The lowest BCUT2D eigenvalue weighted by atomic mass is 10.0. The first-order valence-electron chi connectivity index (χ1n) is 16.4. The fraction of sp³-hybridized carbons (Fsp3) is 0.389. The number of nitrogens with zero attached hydrogens (tertiary/aromatic N) is 5. The average molecular weight is 616 g/mol. The Morgan fingerprint density at radius 2 is 1.93 bits per heavy atom. The molecule has 234 valence electrons. The molecule has 3 atom stereocenters. The van der Waals surface area contributed by atoms with Gasteiger partial charge in [0.15, 0.2) is 5.82 Å². The molecule has 2 amide bonds. The van der Waals surface area contributed by atoms with Gasteiger partial charge in [0.1, 0.15) is 22.7 Å². The molecule has 2 aliphatic carbocycles. The Bertz CT molecular complexity index is 2090. The van der Waals surface area contributed by atoms with Gasteiger partial charge in [-0.15, -0.1) is 0 Å². The lowest BCUT2D eigenvalue weighted by molar-refractivity contribution is 0.0695. The van der Waals surface area contributed by atoms with E-state index in [0.29, 0.717) is 41.7 Å². The number of methoxy groups -OCH3 is 1. The number of anilines is 2. The van der Waals surface area contributed by atoms with E-state index in [9.17, 15) is 9.59 Å². The van der Waals surface area contributed by atoms with Crippen LogP contribution in [-0.2, 0) is 20.1 Å². The van der Waals surface area contributed by atoms with Crippen molar-refractivity contribution in [3.63, 3.8) is 0 Å². The number of amides is 2. The van der Waals surface area contributed by atoms with E-state index in [4.69, 9.17) is 14.7 Å². The minimum absolute atomic E-state index is 0.0260. The number of hydrogen-bond acceptors (Lipinski definition) is 6. The molecule has 4 aliphatic rings. The molecule has 2 saturated carbocycles. The van der Waals surface area contributed by atoms with Gasteiger partial charge >= 0.3 is 0 Å². The van der Waals surface area contributed by atoms with Crippen LogP contribution in [0.15, 0.2) is 48.5 Å². The van der Waals surface area contributed by atoms with E-state index in [1.165, 1.54) is 19.3 Å². The van der Waals surface area contributed by atoms with Crippen molar-refractivity contribution in [1.29, 1.82) is 0 Å². The van der Waals surface area contributed by atoms with E-state index in [-0.39, 0.29) is 11.8 Å². The van der Waals surface area contributed by atoms with Gasteiger partial charge in [0, 0.05) is 54.9 Å². The first-order valence-corrected chi connectivity index (χ1v) is 16.4. The van der Waals surface area contributed by atoms with Crippen LogP contribution in [0.25, 0.3) is 33.6 Å². The van der Waals surface area contributed by atoms with Crippen LogP contribution in [0.5, 0.6) is 5.75 Å². The molecule has 2 unspecified atom stereocenters. The predicted molar refractivity (Wildman–Crippen MR) is 176 cm³/mol. The summed E-state index contributed by atoms with van der Waals surface area (Å²) in [6.07, 6.45) is 4.72. The summed E-state index contributed by atoms with van der Waals surface area (Å²) >= 11 is 0. The maximum Gasteiger partial charge on any atom is 0.254 e. The average Bonchev–Trinajstić information content (AvgIpc) is 3.25. The Kier molecular flexibility index (Phi) is 6.01. The zero-order valence-corrected chi connectivity index (χ0v) is 26.3. The zero-order chi connectivity index (χ0) is 31.3. The fourth-order valence-electron chi connectivity index (χ4n) is 8.11. The minimum Gasteiger partial charge on any atom is -0.494 e. The van der Waals surface area contributed by atoms with E-state index in [2.05, 4.69) is 43.7 Å². The Hall–Kier alpha value is -4.86. The van der Waals surface area contributed by atoms with E-state index in [1.54, 1.807) is 7.11 Å². The van der Waals surface area contributed by atoms with Gasteiger partial charge in [-0.25, -0.2) is 9.97 Å². The Labute approximate surface area is 266 Å². The Morgan fingerprint density at radius 1 is 1.07 bits per heavy atom. The molecule has 10 heteroatoms. The van der Waals surface area contributed by atoms with Crippen LogP contribution in [0.3, 0.4) is 0 Å². The summed E-state index contributed by atoms with van der Waals surface area (Å²) in [6, 6.07) is 16.2. The third-order valence-electron chi connectivity index (χ3n) is 10.8. The minimum atomic E-state index is -0.0260. The van der Waals surface area contributed by atoms with Crippen LogP contribution in [0.2, 0.25) is 0 Å². The lowest BCUT2D eigenvalue weighted by Gasteiger charge is -2.27. The third-order valence-corrected chi connectivity index (χ3v) is 10.8. The quantitative estimate of drug-likeness (QED) is 0.237. The summed E-state index contributed by atoms with van der Waals surface area (Å²) in [4.78, 5) is 38.1. The van der Waals surface area contributed by atoms with Crippen molar-refractivity contribution in [3.05, 3.63) is 65.2 Å². The van der Waals surface area contributed by atoms with Crippen molar-refractivity contribution in [2.24, 2.45) is 24.8 Å². The van der Waals surface area contributed by atoms with Gasteiger partial charge in [-0.2, -0.15) is 0 Å². The normalized spacial score (nSPS) is 21.8. The van der Waals surface area contributed by atoms with E-state index < -0.39 is 0 Å². The number of benzene rings is 2. The molecule has 3 aromatic heterocycles. The largest absolute Gasteiger partial charge is 0.494 e. The highest BCUT2D eigenvalue weighted by molar-refractivity contribution is 6.01. The second-order valence-corrected chi connectivity index (χ2v) is 13.6. The molecule has 5 heterocycles. The second-order valence-electron chi connectivity index (χ2n) is 13.6. The summed E-state index contributed by atoms with van der Waals surface area (Å²) in [5.74, 6) is 4.04. The zero-order valence-electron chi connectivity index (χ0n) is 26.3. The molecule has 3 fully saturated rings. The van der Waals surface area contributed by atoms with Gasteiger partial charge in [0.2, 0.25) is 0 Å². The molecular weight excluding hydrogens is 578 g/mol. The number of hydrogen-bond donors (Lipinski definition) is 2. The number of piperidine rings is 1. The summed E-state index contributed by atoms with van der Waals surface area (Å²) in [5, 5.41) is 7.37. The van der Waals surface area contributed by atoms with Crippen molar-refractivity contribution in [2.75, 3.05) is 19.0 Å². The number of nitrogens with one attached hydrogen (secondary N) is 2. The molecule has 2 bridgehead atoms. The van der Waals surface area contributed by atoms with Gasteiger partial charge < -0.3 is 29.4 Å². The number of carbonyl (C=O) groups is 2. The summed E-state index contributed by atoms with van der Waals surface area (Å²) < 4.78 is 10.3. The van der Waals surface area contributed by atoms with Crippen LogP contribution in [0.4, 0.5) is 11.5 Å². The molecular formula is C36H37N7O3. The molecule has 46 heavy (non-hydrogen) atoms. The van der Waals surface area contributed by atoms with Crippen LogP contribution in [0, 0.1) is 17.8 Å². The van der Waals surface area contributed by atoms with Gasteiger partial charge in [-0.3, -0.25) is 9.59 Å². The summed E-state index contributed by atoms with van der Waals surface area (Å²) in [7, 11) is 3.68. The third kappa shape index (κ3) is 4.22. The monoisotopic (exact) mass is 615 g/mol. The lowest BCUT2D eigenvalue weighted by Crippen LogP contribution is -2.38. The van der Waals surface area contributed by atoms with Crippen LogP contribution < -0.4 is 15.4 Å². The smallest absolute Gasteiger partial charge is 0.254 e. The van der Waals surface area contributed by atoms with Gasteiger partial charge in [0.25, 0.3) is 11.8 Å². The number of pyridine rings is 1. The van der Waals surface area contributed by atoms with Crippen LogP contribution in [0.1, 0.15) is 58.9 Å². The summed E-state index contributed by atoms with van der Waals surface area (Å²) in [5.41, 5.74) is 6.76. The highest BCUT2D eigenvalue weighted by Gasteiger charge is 2.46. The van der Waals surface area contributed by atoms with Gasteiger partial charge in [-0.1, -0.05) is 6.92 Å². The number of aryl methyl sites for hydroxylation is 1. The van der Waals surface area contributed by atoms with Crippen LogP contribution in [-0.4, -0.2) is 55.5 Å². The maximum absolute atomic E-state index is 13.8. The molecule has 10 nitrogen and oxygen atoms in total. The van der Waals surface area contributed by atoms with Gasteiger partial charge in [-0.05, 0) is 97.5 Å². The fourth-order valence-corrected chi connectivity index (χ4v) is 8.11. The number of likely N-dealkylation sites (tertiary alicyclic amines) is 1. The Balaban J connectivity index is 1.10. The topological polar surface area (TPSA) is 106 Å². The number of carbonyl (C=O) groups excluding carboxylic acids is 2. The molecule has 1 saturated heterocycles. The van der Waals surface area contributed by atoms with Crippen molar-refractivity contribution in [2.45, 2.75) is 51.7 Å².